The lowest BCUT2D eigenvalue weighted by Gasteiger charge is -2.03. The van der Waals surface area contributed by atoms with E-state index in [2.05, 4.69) is 15.1 Å². The van der Waals surface area contributed by atoms with Gasteiger partial charge in [0.2, 0.25) is 10.0 Å². The standard InChI is InChI=1S/C13H20N4O2S2/c1-3-14-6-7-17-10-13(9-15-17)21(18,19)16-8-12-5-4-11(2)20-12/h4-5,9-10,14,16H,3,6-8H2,1-2H3. The number of aryl methyl sites for hydroxylation is 1. The van der Waals surface area contributed by atoms with E-state index in [4.69, 9.17) is 0 Å². The maximum atomic E-state index is 12.2. The third-order valence-corrected chi connectivity index (χ3v) is 5.28. The number of likely N-dealkylation sites (N-methyl/N-ethyl adjacent to an activating group) is 1. The third kappa shape index (κ3) is 4.63. The van der Waals surface area contributed by atoms with Crippen LogP contribution in [0.15, 0.2) is 29.4 Å². The monoisotopic (exact) mass is 328 g/mol. The summed E-state index contributed by atoms with van der Waals surface area (Å²) in [5.74, 6) is 0. The molecule has 0 aliphatic carbocycles. The van der Waals surface area contributed by atoms with Crippen molar-refractivity contribution in [3.05, 3.63) is 34.3 Å². The molecule has 0 atom stereocenters. The van der Waals surface area contributed by atoms with Crippen molar-refractivity contribution in [3.8, 4) is 0 Å². The van der Waals surface area contributed by atoms with Crippen molar-refractivity contribution < 1.29 is 8.42 Å². The molecule has 2 N–H and O–H groups in total. The zero-order chi connectivity index (χ0) is 15.3. The van der Waals surface area contributed by atoms with Crippen molar-refractivity contribution in [2.45, 2.75) is 31.8 Å². The zero-order valence-corrected chi connectivity index (χ0v) is 13.8. The molecule has 0 unspecified atom stereocenters. The highest BCUT2D eigenvalue weighted by atomic mass is 32.2. The van der Waals surface area contributed by atoms with E-state index in [0.717, 1.165) is 18.0 Å². The topological polar surface area (TPSA) is 76.0 Å². The van der Waals surface area contributed by atoms with Gasteiger partial charge in [-0.25, -0.2) is 13.1 Å². The van der Waals surface area contributed by atoms with E-state index in [9.17, 15) is 8.42 Å². The van der Waals surface area contributed by atoms with Gasteiger partial charge in [0.25, 0.3) is 0 Å². The second-order valence-corrected chi connectivity index (χ2v) is 7.77. The van der Waals surface area contributed by atoms with Crippen molar-refractivity contribution in [3.63, 3.8) is 0 Å². The first kappa shape index (κ1) is 16.2. The third-order valence-electron chi connectivity index (χ3n) is 2.92. The Morgan fingerprint density at radius 3 is 2.86 bits per heavy atom. The molecule has 0 saturated heterocycles. The van der Waals surface area contributed by atoms with Crippen LogP contribution in [-0.4, -0.2) is 31.3 Å². The average molecular weight is 328 g/mol. The normalized spacial score (nSPS) is 11.9. The molecule has 0 bridgehead atoms. The summed E-state index contributed by atoms with van der Waals surface area (Å²) in [6, 6.07) is 3.91. The van der Waals surface area contributed by atoms with E-state index in [1.807, 2.05) is 26.0 Å². The number of thiophene rings is 1. The molecular formula is C13H20N4O2S2. The molecule has 6 nitrogen and oxygen atoms in total. The van der Waals surface area contributed by atoms with Crippen LogP contribution >= 0.6 is 11.3 Å². The van der Waals surface area contributed by atoms with Crippen LogP contribution < -0.4 is 10.0 Å². The van der Waals surface area contributed by atoms with Crippen LogP contribution in [0.2, 0.25) is 0 Å². The molecule has 2 aromatic rings. The van der Waals surface area contributed by atoms with Crippen molar-refractivity contribution in [1.82, 2.24) is 19.8 Å². The Kier molecular flexibility index (Phi) is 5.51. The van der Waals surface area contributed by atoms with Crippen molar-refractivity contribution in [1.29, 1.82) is 0 Å². The van der Waals surface area contributed by atoms with Crippen LogP contribution in [0.1, 0.15) is 16.7 Å². The van der Waals surface area contributed by atoms with Crippen LogP contribution in [0.5, 0.6) is 0 Å². The maximum Gasteiger partial charge on any atom is 0.244 e. The number of sulfonamides is 1. The molecule has 21 heavy (non-hydrogen) atoms. The van der Waals surface area contributed by atoms with Crippen LogP contribution in [-0.2, 0) is 23.1 Å². The van der Waals surface area contributed by atoms with Gasteiger partial charge in [0.05, 0.1) is 12.7 Å². The minimum absolute atomic E-state index is 0.201. The Labute approximate surface area is 129 Å². The van der Waals surface area contributed by atoms with Gasteiger partial charge in [-0.15, -0.1) is 11.3 Å². The molecule has 0 aromatic carbocycles. The Balaban J connectivity index is 1.95. The predicted molar refractivity (Wildman–Crippen MR) is 83.9 cm³/mol. The molecule has 2 heterocycles. The van der Waals surface area contributed by atoms with Crippen LogP contribution in [0.25, 0.3) is 0 Å². The second kappa shape index (κ2) is 7.17. The lowest BCUT2D eigenvalue weighted by molar-refractivity contribution is 0.563. The molecule has 8 heteroatoms. The van der Waals surface area contributed by atoms with Gasteiger partial charge >= 0.3 is 0 Å². The fourth-order valence-electron chi connectivity index (χ4n) is 1.81. The van der Waals surface area contributed by atoms with Crippen molar-refractivity contribution >= 4 is 21.4 Å². The first-order chi connectivity index (χ1) is 10.0. The van der Waals surface area contributed by atoms with Gasteiger partial charge < -0.3 is 5.32 Å². The number of aromatic nitrogens is 2. The average Bonchev–Trinajstić information content (AvgIpc) is 3.06. The highest BCUT2D eigenvalue weighted by molar-refractivity contribution is 7.89. The van der Waals surface area contributed by atoms with E-state index in [1.54, 1.807) is 22.2 Å². The summed E-state index contributed by atoms with van der Waals surface area (Å²) in [5, 5.41) is 7.24. The number of rotatable bonds is 8. The Bertz CT molecular complexity index is 676. The lowest BCUT2D eigenvalue weighted by atomic mass is 10.4. The molecule has 2 rings (SSSR count). The van der Waals surface area contributed by atoms with E-state index >= 15 is 0 Å². The summed E-state index contributed by atoms with van der Waals surface area (Å²) in [6.07, 6.45) is 2.94. The molecule has 2 aromatic heterocycles. The fourth-order valence-corrected chi connectivity index (χ4v) is 3.69. The lowest BCUT2D eigenvalue weighted by Crippen LogP contribution is -2.22. The summed E-state index contributed by atoms with van der Waals surface area (Å²) in [5.41, 5.74) is 0. The van der Waals surface area contributed by atoms with E-state index in [1.165, 1.54) is 11.1 Å². The summed E-state index contributed by atoms with van der Waals surface area (Å²) >= 11 is 1.59. The quantitative estimate of drug-likeness (QED) is 0.717. The molecule has 0 aliphatic rings. The van der Waals surface area contributed by atoms with Crippen LogP contribution in [0.3, 0.4) is 0 Å². The van der Waals surface area contributed by atoms with E-state index < -0.39 is 10.0 Å². The smallest absolute Gasteiger partial charge is 0.244 e. The van der Waals surface area contributed by atoms with E-state index in [-0.39, 0.29) is 4.90 Å². The Morgan fingerprint density at radius 2 is 2.19 bits per heavy atom. The minimum atomic E-state index is -3.51. The molecular weight excluding hydrogens is 308 g/mol. The highest BCUT2D eigenvalue weighted by Crippen LogP contribution is 2.16. The number of hydrogen-bond acceptors (Lipinski definition) is 5. The molecule has 0 radical (unpaired) electrons. The first-order valence-corrected chi connectivity index (χ1v) is 9.09. The highest BCUT2D eigenvalue weighted by Gasteiger charge is 2.16. The second-order valence-electron chi connectivity index (χ2n) is 4.63. The van der Waals surface area contributed by atoms with Gasteiger partial charge in [-0.2, -0.15) is 5.10 Å². The minimum Gasteiger partial charge on any atom is -0.315 e. The number of nitrogens with zero attached hydrogens (tertiary/aromatic N) is 2. The Morgan fingerprint density at radius 1 is 1.38 bits per heavy atom. The van der Waals surface area contributed by atoms with Gasteiger partial charge in [-0.1, -0.05) is 6.92 Å². The molecule has 0 saturated carbocycles. The molecule has 0 spiro atoms. The van der Waals surface area contributed by atoms with Gasteiger partial charge in [-0.05, 0) is 25.6 Å². The maximum absolute atomic E-state index is 12.2. The largest absolute Gasteiger partial charge is 0.315 e. The summed E-state index contributed by atoms with van der Waals surface area (Å²) < 4.78 is 28.6. The SMILES string of the molecule is CCNCCn1cc(S(=O)(=O)NCc2ccc(C)s2)cn1. The molecule has 0 aliphatic heterocycles. The van der Waals surface area contributed by atoms with Gasteiger partial charge in [0.1, 0.15) is 4.90 Å². The summed E-state index contributed by atoms with van der Waals surface area (Å²) in [4.78, 5) is 2.36. The van der Waals surface area contributed by atoms with Crippen LogP contribution in [0, 0.1) is 6.92 Å². The Hall–Kier alpha value is -1.22. The molecule has 116 valence electrons. The van der Waals surface area contributed by atoms with E-state index in [0.29, 0.717) is 13.1 Å². The first-order valence-electron chi connectivity index (χ1n) is 6.79. The van der Waals surface area contributed by atoms with Crippen molar-refractivity contribution in [2.75, 3.05) is 13.1 Å². The molecule has 0 amide bonds. The van der Waals surface area contributed by atoms with Crippen LogP contribution in [0.4, 0.5) is 0 Å². The fraction of sp³-hybridized carbons (Fsp3) is 0.462. The van der Waals surface area contributed by atoms with Crippen molar-refractivity contribution in [2.24, 2.45) is 0 Å². The molecule has 0 fully saturated rings. The zero-order valence-electron chi connectivity index (χ0n) is 12.2. The van der Waals surface area contributed by atoms with Gasteiger partial charge in [0, 0.05) is 29.0 Å². The summed E-state index contributed by atoms with van der Waals surface area (Å²) in [7, 11) is -3.51. The predicted octanol–water partition coefficient (Wildman–Crippen LogP) is 1.34. The van der Waals surface area contributed by atoms with Gasteiger partial charge in [-0.3, -0.25) is 4.68 Å². The summed E-state index contributed by atoms with van der Waals surface area (Å²) in [6.45, 7) is 6.62. The number of hydrogen-bond donors (Lipinski definition) is 2. The number of nitrogens with one attached hydrogen (secondary N) is 2. The van der Waals surface area contributed by atoms with Gasteiger partial charge in [0.15, 0.2) is 0 Å².